The summed E-state index contributed by atoms with van der Waals surface area (Å²) in [5, 5.41) is 0. The van der Waals surface area contributed by atoms with E-state index in [1.54, 1.807) is 12.2 Å². The fraction of sp³-hybridized carbons (Fsp3) is 0.167. The molecule has 0 amide bonds. The van der Waals surface area contributed by atoms with Crippen molar-refractivity contribution in [1.29, 1.82) is 0 Å². The summed E-state index contributed by atoms with van der Waals surface area (Å²) < 4.78 is 0. The molecular formula is C6H7NO. The first-order valence-electron chi connectivity index (χ1n) is 2.45. The molecule has 0 aliphatic heterocycles. The summed E-state index contributed by atoms with van der Waals surface area (Å²) in [6.07, 6.45) is 5.44. The van der Waals surface area contributed by atoms with Crippen LogP contribution in [0.5, 0.6) is 0 Å². The molecular weight excluding hydrogens is 102 g/mol. The Labute approximate surface area is 47.7 Å². The van der Waals surface area contributed by atoms with Gasteiger partial charge >= 0.3 is 0 Å². The van der Waals surface area contributed by atoms with E-state index >= 15 is 0 Å². The predicted octanol–water partition coefficient (Wildman–Crippen LogP) is 0.358. The third-order valence-electron chi connectivity index (χ3n) is 0.957. The van der Waals surface area contributed by atoms with Crippen LogP contribution in [-0.2, 0) is 4.79 Å². The Morgan fingerprint density at radius 2 is 2.38 bits per heavy atom. The number of rotatable bonds is 0. The average Bonchev–Trinajstić information content (AvgIpc) is 1.64. The molecule has 0 aromatic heterocycles. The number of carbonyl (C=O) groups excluding carboxylic acids is 1. The number of nitrogens with two attached hydrogens (primary N) is 1. The third kappa shape index (κ3) is 0.964. The van der Waals surface area contributed by atoms with E-state index in [-0.39, 0.29) is 5.78 Å². The lowest BCUT2D eigenvalue weighted by Gasteiger charge is -1.96. The first-order chi connectivity index (χ1) is 3.79. The van der Waals surface area contributed by atoms with E-state index in [2.05, 4.69) is 0 Å². The monoisotopic (exact) mass is 109 g/mol. The summed E-state index contributed by atoms with van der Waals surface area (Å²) in [4.78, 5) is 10.5. The van der Waals surface area contributed by atoms with Crippen LogP contribution in [0.15, 0.2) is 23.9 Å². The van der Waals surface area contributed by atoms with Gasteiger partial charge in [0.1, 0.15) is 0 Å². The van der Waals surface area contributed by atoms with E-state index in [9.17, 15) is 4.79 Å². The highest BCUT2D eigenvalue weighted by molar-refractivity contribution is 5.92. The summed E-state index contributed by atoms with van der Waals surface area (Å²) in [5.74, 6) is 0.0880. The van der Waals surface area contributed by atoms with Crippen molar-refractivity contribution in [2.45, 2.75) is 6.42 Å². The molecule has 8 heavy (non-hydrogen) atoms. The molecule has 0 saturated carbocycles. The van der Waals surface area contributed by atoms with Gasteiger partial charge in [-0.3, -0.25) is 4.79 Å². The maximum absolute atomic E-state index is 10.5. The lowest BCUT2D eigenvalue weighted by Crippen LogP contribution is -2.02. The molecule has 0 saturated heterocycles. The molecule has 0 spiro atoms. The largest absolute Gasteiger partial charge is 0.399 e. The second-order valence-corrected chi connectivity index (χ2v) is 1.72. The molecule has 0 heterocycles. The number of allylic oxidation sites excluding steroid dienone is 3. The Bertz CT molecular complexity index is 167. The maximum Gasteiger partial charge on any atom is 0.161 e. The van der Waals surface area contributed by atoms with Crippen molar-refractivity contribution >= 4 is 5.78 Å². The average molecular weight is 109 g/mol. The summed E-state index contributed by atoms with van der Waals surface area (Å²) in [6, 6.07) is 0. The van der Waals surface area contributed by atoms with E-state index in [1.807, 2.05) is 0 Å². The molecule has 42 valence electrons. The molecule has 0 unspecified atom stereocenters. The Morgan fingerprint density at radius 3 is 2.75 bits per heavy atom. The molecule has 1 rings (SSSR count). The lowest BCUT2D eigenvalue weighted by atomic mass is 10.1. The molecule has 1 aliphatic carbocycles. The van der Waals surface area contributed by atoms with Gasteiger partial charge in [-0.2, -0.15) is 0 Å². The van der Waals surface area contributed by atoms with Gasteiger partial charge in [0.25, 0.3) is 0 Å². The summed E-state index contributed by atoms with van der Waals surface area (Å²) in [6.45, 7) is 0. The van der Waals surface area contributed by atoms with Crippen molar-refractivity contribution in [3.8, 4) is 0 Å². The quantitative estimate of drug-likeness (QED) is 0.488. The SMILES string of the molecule is NC1=CC(=O)CC=C1. The number of carbonyl (C=O) groups is 1. The van der Waals surface area contributed by atoms with Gasteiger partial charge in [-0.1, -0.05) is 6.08 Å². The molecule has 0 aromatic carbocycles. The van der Waals surface area contributed by atoms with E-state index < -0.39 is 0 Å². The number of hydrogen-bond acceptors (Lipinski definition) is 2. The molecule has 0 bridgehead atoms. The van der Waals surface area contributed by atoms with Gasteiger partial charge in [-0.15, -0.1) is 0 Å². The highest BCUT2D eigenvalue weighted by Gasteiger charge is 1.98. The number of ketones is 1. The Kier molecular flexibility index (Phi) is 1.16. The summed E-state index contributed by atoms with van der Waals surface area (Å²) >= 11 is 0. The van der Waals surface area contributed by atoms with Crippen molar-refractivity contribution in [2.75, 3.05) is 0 Å². The van der Waals surface area contributed by atoms with Crippen LogP contribution in [0.25, 0.3) is 0 Å². The highest BCUT2D eigenvalue weighted by atomic mass is 16.1. The van der Waals surface area contributed by atoms with E-state index in [0.29, 0.717) is 12.1 Å². The molecule has 1 aliphatic rings. The molecule has 0 radical (unpaired) electrons. The third-order valence-corrected chi connectivity index (χ3v) is 0.957. The second kappa shape index (κ2) is 1.82. The van der Waals surface area contributed by atoms with Crippen molar-refractivity contribution in [1.82, 2.24) is 0 Å². The van der Waals surface area contributed by atoms with Crippen LogP contribution in [0.1, 0.15) is 6.42 Å². The Hall–Kier alpha value is -1.05. The topological polar surface area (TPSA) is 43.1 Å². The van der Waals surface area contributed by atoms with Gasteiger partial charge in [0.05, 0.1) is 0 Å². The zero-order chi connectivity index (χ0) is 5.98. The van der Waals surface area contributed by atoms with Crippen molar-refractivity contribution < 1.29 is 4.79 Å². The van der Waals surface area contributed by atoms with Gasteiger partial charge in [-0.05, 0) is 6.08 Å². The van der Waals surface area contributed by atoms with Crippen LogP contribution in [-0.4, -0.2) is 5.78 Å². The fourth-order valence-corrected chi connectivity index (χ4v) is 0.604. The molecule has 0 fully saturated rings. The van der Waals surface area contributed by atoms with Crippen molar-refractivity contribution in [3.63, 3.8) is 0 Å². The standard InChI is InChI=1S/C6H7NO/c7-5-2-1-3-6(8)4-5/h1-2,4H,3,7H2. The maximum atomic E-state index is 10.5. The number of hydrogen-bond donors (Lipinski definition) is 1. The fourth-order valence-electron chi connectivity index (χ4n) is 0.604. The van der Waals surface area contributed by atoms with Gasteiger partial charge < -0.3 is 5.73 Å². The van der Waals surface area contributed by atoms with Gasteiger partial charge in [0.15, 0.2) is 5.78 Å². The van der Waals surface area contributed by atoms with Crippen LogP contribution in [0, 0.1) is 0 Å². The van der Waals surface area contributed by atoms with Crippen LogP contribution in [0.4, 0.5) is 0 Å². The minimum absolute atomic E-state index is 0.0880. The van der Waals surface area contributed by atoms with Crippen LogP contribution >= 0.6 is 0 Å². The van der Waals surface area contributed by atoms with E-state index in [0.717, 1.165) is 0 Å². The lowest BCUT2D eigenvalue weighted by molar-refractivity contribution is -0.113. The van der Waals surface area contributed by atoms with Crippen LogP contribution in [0.2, 0.25) is 0 Å². The summed E-state index contributed by atoms with van der Waals surface area (Å²) in [7, 11) is 0. The van der Waals surface area contributed by atoms with Crippen LogP contribution in [0.3, 0.4) is 0 Å². The molecule has 0 aromatic rings. The van der Waals surface area contributed by atoms with E-state index in [4.69, 9.17) is 5.73 Å². The van der Waals surface area contributed by atoms with E-state index in [1.165, 1.54) is 6.08 Å². The minimum atomic E-state index is 0.0880. The second-order valence-electron chi connectivity index (χ2n) is 1.72. The van der Waals surface area contributed by atoms with Gasteiger partial charge in [0.2, 0.25) is 0 Å². The molecule has 2 N–H and O–H groups in total. The zero-order valence-electron chi connectivity index (χ0n) is 4.42. The molecule has 2 nitrogen and oxygen atoms in total. The first-order valence-corrected chi connectivity index (χ1v) is 2.45. The Morgan fingerprint density at radius 1 is 1.62 bits per heavy atom. The molecule has 0 atom stereocenters. The first kappa shape index (κ1) is 5.09. The van der Waals surface area contributed by atoms with Crippen molar-refractivity contribution in [2.24, 2.45) is 5.73 Å². The van der Waals surface area contributed by atoms with Gasteiger partial charge in [-0.25, -0.2) is 0 Å². The summed E-state index contributed by atoms with van der Waals surface area (Å²) in [5.41, 5.74) is 5.84. The smallest absolute Gasteiger partial charge is 0.161 e. The zero-order valence-corrected chi connectivity index (χ0v) is 4.42. The normalized spacial score (nSPS) is 18.5. The Balaban J connectivity index is 2.77. The predicted molar refractivity (Wildman–Crippen MR) is 31.0 cm³/mol. The minimum Gasteiger partial charge on any atom is -0.399 e. The van der Waals surface area contributed by atoms with Gasteiger partial charge in [0, 0.05) is 18.2 Å². The molecule has 2 heteroatoms. The van der Waals surface area contributed by atoms with Crippen molar-refractivity contribution in [3.05, 3.63) is 23.9 Å². The highest BCUT2D eigenvalue weighted by Crippen LogP contribution is 1.99. The van der Waals surface area contributed by atoms with Crippen LogP contribution < -0.4 is 5.73 Å².